The minimum Gasteiger partial charge on any atom is -0.302 e. The molecular formula is C14H15N5S2. The zero-order chi connectivity index (χ0) is 15.1. The molecule has 0 aliphatic heterocycles. The molecule has 0 spiro atoms. The van der Waals surface area contributed by atoms with Gasteiger partial charge in [0.15, 0.2) is 11.0 Å². The molecule has 7 heteroatoms. The van der Waals surface area contributed by atoms with Crippen LogP contribution in [-0.4, -0.2) is 20.5 Å². The summed E-state index contributed by atoms with van der Waals surface area (Å²) in [5.74, 6) is 1.39. The van der Waals surface area contributed by atoms with E-state index >= 15 is 0 Å². The Balaban J connectivity index is 2.08. The minimum absolute atomic E-state index is 0.123. The Morgan fingerprint density at radius 3 is 2.90 bits per heavy atom. The molecular weight excluding hydrogens is 302 g/mol. The van der Waals surface area contributed by atoms with Crippen molar-refractivity contribution in [3.63, 3.8) is 0 Å². The largest absolute Gasteiger partial charge is 0.302 e. The van der Waals surface area contributed by atoms with Gasteiger partial charge in [-0.2, -0.15) is 10.5 Å². The van der Waals surface area contributed by atoms with E-state index in [2.05, 4.69) is 33.8 Å². The number of aromatic nitrogens is 3. The predicted octanol–water partition coefficient (Wildman–Crippen LogP) is 3.56. The van der Waals surface area contributed by atoms with E-state index in [0.717, 1.165) is 22.4 Å². The van der Waals surface area contributed by atoms with Crippen LogP contribution in [0, 0.1) is 28.6 Å². The summed E-state index contributed by atoms with van der Waals surface area (Å²) >= 11 is 3.17. The lowest BCUT2D eigenvalue weighted by Gasteiger charge is -2.08. The highest BCUT2D eigenvalue weighted by molar-refractivity contribution is 7.99. The molecule has 0 fully saturated rings. The molecule has 2 rings (SSSR count). The number of rotatable bonds is 7. The molecule has 0 aromatic carbocycles. The topological polar surface area (TPSA) is 78.3 Å². The van der Waals surface area contributed by atoms with Gasteiger partial charge >= 0.3 is 0 Å². The maximum atomic E-state index is 9.10. The molecule has 2 aromatic heterocycles. The molecule has 0 bridgehead atoms. The highest BCUT2D eigenvalue weighted by Crippen LogP contribution is 2.28. The smallest absolute Gasteiger partial charge is 0.191 e. The molecule has 2 aromatic rings. The second-order valence-corrected chi connectivity index (χ2v) is 6.30. The number of hydrogen-bond acceptors (Lipinski definition) is 6. The summed E-state index contributed by atoms with van der Waals surface area (Å²) in [6.07, 6.45) is 1.03. The fraction of sp³-hybridized carbons (Fsp3) is 0.429. The molecule has 0 radical (unpaired) electrons. The maximum absolute atomic E-state index is 9.10. The Hall–Kier alpha value is -1.83. The van der Waals surface area contributed by atoms with Crippen LogP contribution in [0.25, 0.3) is 10.7 Å². The Labute approximate surface area is 132 Å². The first-order valence-corrected chi connectivity index (χ1v) is 8.53. The van der Waals surface area contributed by atoms with Crippen LogP contribution >= 0.6 is 23.1 Å². The van der Waals surface area contributed by atoms with Crippen molar-refractivity contribution >= 4 is 23.1 Å². The van der Waals surface area contributed by atoms with Gasteiger partial charge in [-0.1, -0.05) is 17.8 Å². The van der Waals surface area contributed by atoms with Gasteiger partial charge in [-0.25, -0.2) is 0 Å². The van der Waals surface area contributed by atoms with Crippen molar-refractivity contribution in [2.24, 2.45) is 5.92 Å². The summed E-state index contributed by atoms with van der Waals surface area (Å²) in [7, 11) is 0. The van der Waals surface area contributed by atoms with Crippen molar-refractivity contribution < 1.29 is 0 Å². The molecule has 21 heavy (non-hydrogen) atoms. The summed E-state index contributed by atoms with van der Waals surface area (Å²) < 4.78 is 2.06. The minimum atomic E-state index is -0.123. The summed E-state index contributed by atoms with van der Waals surface area (Å²) in [6.45, 7) is 2.85. The van der Waals surface area contributed by atoms with Gasteiger partial charge in [0.1, 0.15) is 0 Å². The van der Waals surface area contributed by atoms with Crippen LogP contribution in [0.5, 0.6) is 0 Å². The zero-order valence-electron chi connectivity index (χ0n) is 11.7. The third kappa shape index (κ3) is 3.84. The Morgan fingerprint density at radius 1 is 1.43 bits per heavy atom. The molecule has 5 nitrogen and oxygen atoms in total. The first-order valence-electron chi connectivity index (χ1n) is 6.66. The fourth-order valence-corrected chi connectivity index (χ4v) is 3.65. The first kappa shape index (κ1) is 15.6. The van der Waals surface area contributed by atoms with Crippen molar-refractivity contribution in [2.45, 2.75) is 31.5 Å². The average molecular weight is 317 g/mol. The molecule has 0 saturated heterocycles. The van der Waals surface area contributed by atoms with Crippen molar-refractivity contribution in [1.82, 2.24) is 14.8 Å². The van der Waals surface area contributed by atoms with E-state index in [4.69, 9.17) is 10.5 Å². The summed E-state index contributed by atoms with van der Waals surface area (Å²) in [5, 5.41) is 29.0. The number of nitrogens with zero attached hydrogens (tertiary/aromatic N) is 5. The molecule has 0 aliphatic carbocycles. The predicted molar refractivity (Wildman–Crippen MR) is 83.7 cm³/mol. The number of nitriles is 2. The molecule has 2 heterocycles. The normalized spacial score (nSPS) is 11.8. The third-order valence-electron chi connectivity index (χ3n) is 2.98. The van der Waals surface area contributed by atoms with Gasteiger partial charge in [0.2, 0.25) is 0 Å². The van der Waals surface area contributed by atoms with Gasteiger partial charge in [0.25, 0.3) is 0 Å². The lowest BCUT2D eigenvalue weighted by molar-refractivity contribution is 0.669. The van der Waals surface area contributed by atoms with Crippen LogP contribution in [0.1, 0.15) is 19.8 Å². The van der Waals surface area contributed by atoms with Crippen LogP contribution in [-0.2, 0) is 6.54 Å². The number of hydrogen-bond donors (Lipinski definition) is 0. The number of thioether (sulfide) groups is 1. The van der Waals surface area contributed by atoms with Crippen LogP contribution < -0.4 is 0 Å². The monoisotopic (exact) mass is 317 g/mol. The van der Waals surface area contributed by atoms with Crippen LogP contribution in [0.3, 0.4) is 0 Å². The summed E-state index contributed by atoms with van der Waals surface area (Å²) in [6, 6.07) is 8.36. The standard InChI is InChI=1S/C14H15N5S2/c1-2-19-13(12-6-4-8-20-12)17-18-14(19)21-10-11(9-16)5-3-7-15/h4,6,8,11H,2-3,5,10H2,1H3. The highest BCUT2D eigenvalue weighted by Gasteiger charge is 2.16. The van der Waals surface area contributed by atoms with Gasteiger partial charge in [-0.05, 0) is 24.8 Å². The van der Waals surface area contributed by atoms with Crippen LogP contribution in [0.15, 0.2) is 22.7 Å². The molecule has 1 unspecified atom stereocenters. The quantitative estimate of drug-likeness (QED) is 0.730. The molecule has 0 aliphatic rings. The molecule has 0 N–H and O–H groups in total. The van der Waals surface area contributed by atoms with E-state index in [0.29, 0.717) is 18.6 Å². The Kier molecular flexibility index (Phi) is 5.79. The molecule has 1 atom stereocenters. The van der Waals surface area contributed by atoms with E-state index in [1.807, 2.05) is 17.5 Å². The van der Waals surface area contributed by atoms with Crippen molar-refractivity contribution in [1.29, 1.82) is 10.5 Å². The SMILES string of the molecule is CCn1c(SCC(C#N)CCC#N)nnc1-c1cccs1. The lowest BCUT2D eigenvalue weighted by Crippen LogP contribution is -2.03. The molecule has 0 saturated carbocycles. The van der Waals surface area contributed by atoms with E-state index in [1.54, 1.807) is 11.3 Å². The van der Waals surface area contributed by atoms with E-state index in [1.165, 1.54) is 11.8 Å². The van der Waals surface area contributed by atoms with Gasteiger partial charge in [0.05, 0.1) is 22.9 Å². The molecule has 108 valence electrons. The van der Waals surface area contributed by atoms with E-state index in [-0.39, 0.29) is 5.92 Å². The summed E-state index contributed by atoms with van der Waals surface area (Å²) in [5.41, 5.74) is 0. The Bertz CT molecular complexity index is 648. The van der Waals surface area contributed by atoms with Crippen LogP contribution in [0.4, 0.5) is 0 Å². The lowest BCUT2D eigenvalue weighted by atomic mass is 10.1. The fourth-order valence-electron chi connectivity index (χ4n) is 1.87. The summed E-state index contributed by atoms with van der Waals surface area (Å²) in [4.78, 5) is 1.09. The number of thiophene rings is 1. The van der Waals surface area contributed by atoms with Crippen molar-refractivity contribution in [3.05, 3.63) is 17.5 Å². The molecule has 0 amide bonds. The van der Waals surface area contributed by atoms with Crippen LogP contribution in [0.2, 0.25) is 0 Å². The van der Waals surface area contributed by atoms with Gasteiger partial charge in [-0.15, -0.1) is 21.5 Å². The average Bonchev–Trinajstić information content (AvgIpc) is 3.16. The van der Waals surface area contributed by atoms with Crippen molar-refractivity contribution in [3.8, 4) is 22.8 Å². The Morgan fingerprint density at radius 2 is 2.29 bits per heavy atom. The van der Waals surface area contributed by atoms with E-state index < -0.39 is 0 Å². The van der Waals surface area contributed by atoms with Crippen molar-refractivity contribution in [2.75, 3.05) is 5.75 Å². The first-order chi connectivity index (χ1) is 10.3. The highest BCUT2D eigenvalue weighted by atomic mass is 32.2. The van der Waals surface area contributed by atoms with E-state index in [9.17, 15) is 0 Å². The maximum Gasteiger partial charge on any atom is 0.191 e. The second-order valence-electron chi connectivity index (χ2n) is 4.36. The van der Waals surface area contributed by atoms with Gasteiger partial charge < -0.3 is 4.57 Å². The zero-order valence-corrected chi connectivity index (χ0v) is 13.3. The third-order valence-corrected chi connectivity index (χ3v) is 4.97. The van der Waals surface area contributed by atoms with Gasteiger partial charge in [-0.3, -0.25) is 0 Å². The van der Waals surface area contributed by atoms with Gasteiger partial charge in [0, 0.05) is 18.7 Å². The second kappa shape index (κ2) is 7.82.